The highest BCUT2D eigenvalue weighted by Gasteiger charge is 2.21. The van der Waals surface area contributed by atoms with E-state index in [1.165, 1.54) is 24.3 Å². The Bertz CT molecular complexity index is 635. The molecule has 0 spiro atoms. The molecule has 0 aliphatic heterocycles. The Kier molecular flexibility index (Phi) is 1.51. The van der Waals surface area contributed by atoms with Gasteiger partial charge in [-0.15, -0.1) is 0 Å². The van der Waals surface area contributed by atoms with Crippen LogP contribution in [0.25, 0.3) is 0 Å². The van der Waals surface area contributed by atoms with Crippen LogP contribution in [0.1, 0.15) is 58.0 Å². The number of benzene rings is 1. The quantitative estimate of drug-likeness (QED) is 0.715. The average molecular weight is 249 g/mol. The Hall–Kier alpha value is -0.820. The van der Waals surface area contributed by atoms with E-state index in [1.54, 1.807) is 0 Å². The van der Waals surface area contributed by atoms with Gasteiger partial charge in [-0.2, -0.15) is 0 Å². The molecule has 1 aromatic rings. The van der Waals surface area contributed by atoms with Crippen molar-refractivity contribution in [1.29, 1.82) is 0 Å². The van der Waals surface area contributed by atoms with Gasteiger partial charge in [-0.05, 0) is 24.0 Å². The van der Waals surface area contributed by atoms with Crippen LogP contribution in [0.15, 0.2) is 24.3 Å². The molecule has 1 nitrogen and oxygen atoms in total. The van der Waals surface area contributed by atoms with Crippen molar-refractivity contribution >= 4 is 17.4 Å². The summed E-state index contributed by atoms with van der Waals surface area (Å²) in [6, 6.07) is 5.51. The zero-order valence-corrected chi connectivity index (χ0v) is 9.56. The fourth-order valence-corrected chi connectivity index (χ4v) is 1.54. The highest BCUT2D eigenvalue weighted by Crippen LogP contribution is 2.26. The number of Topliss-reactive ketones (excluding diaryl/α,β-unsaturated/α-hetero) is 1. The molecule has 0 saturated heterocycles. The Morgan fingerprint density at radius 3 is 2.81 bits per heavy atom. The van der Waals surface area contributed by atoms with Crippen LogP contribution in [0.4, 0.5) is 0 Å². The number of carbonyl (C=O) groups is 1. The molecule has 0 N–H and O–H groups in total. The van der Waals surface area contributed by atoms with Gasteiger partial charge in [0.2, 0.25) is 0 Å². The summed E-state index contributed by atoms with van der Waals surface area (Å²) < 4.78 is 76.7. The lowest BCUT2D eigenvalue weighted by Gasteiger charge is -2.22. The molecule has 16 heavy (non-hydrogen) atoms. The molecular formula is C14H19ClO. The first-order valence-electron chi connectivity index (χ1n) is 9.67. The van der Waals surface area contributed by atoms with E-state index in [-0.39, 0.29) is 10.6 Å². The van der Waals surface area contributed by atoms with Crippen molar-refractivity contribution in [2.24, 2.45) is 11.3 Å². The second-order valence-corrected chi connectivity index (χ2v) is 4.14. The fraction of sp³-hybridized carbons (Fsp3) is 0.500. The fourth-order valence-electron chi connectivity index (χ4n) is 1.35. The highest BCUT2D eigenvalue weighted by atomic mass is 35.5. The number of halogens is 1. The molecule has 88 valence electrons. The molecule has 0 bridgehead atoms. The van der Waals surface area contributed by atoms with Crippen LogP contribution in [0.5, 0.6) is 0 Å². The van der Waals surface area contributed by atoms with Crippen LogP contribution in [0, 0.1) is 11.3 Å². The summed E-state index contributed by atoms with van der Waals surface area (Å²) in [7, 11) is 0. The Morgan fingerprint density at radius 2 is 2.25 bits per heavy atom. The van der Waals surface area contributed by atoms with E-state index >= 15 is 0 Å². The van der Waals surface area contributed by atoms with E-state index in [4.69, 9.17) is 25.3 Å². The van der Waals surface area contributed by atoms with Gasteiger partial charge in [-0.1, -0.05) is 51.2 Å². The lowest BCUT2D eigenvalue weighted by molar-refractivity contribution is 0.0897. The summed E-state index contributed by atoms with van der Waals surface area (Å²) in [5.41, 5.74) is -3.27. The van der Waals surface area contributed by atoms with Gasteiger partial charge in [-0.25, -0.2) is 0 Å². The van der Waals surface area contributed by atoms with Gasteiger partial charge in [0.1, 0.15) is 0 Å². The molecule has 2 heteroatoms. The molecular weight excluding hydrogens is 220 g/mol. The minimum absolute atomic E-state index is 0.0366. The average Bonchev–Trinajstić information content (AvgIpc) is 2.40. The van der Waals surface area contributed by atoms with Crippen LogP contribution in [0.2, 0.25) is 5.02 Å². The normalized spacial score (nSPS) is 27.1. The van der Waals surface area contributed by atoms with E-state index in [1.807, 2.05) is 0 Å². The second kappa shape index (κ2) is 5.01. The molecule has 0 unspecified atom stereocenters. The first-order valence-corrected chi connectivity index (χ1v) is 5.05. The molecule has 0 aliphatic rings. The van der Waals surface area contributed by atoms with Gasteiger partial charge in [-0.3, -0.25) is 4.79 Å². The number of carbonyl (C=O) groups excluding carboxylic acids is 1. The SMILES string of the molecule is [2H]C([2H])([2H])C(C[C@@]([2H])(C)C(=O)c1cccc(Cl)c1)(C([2H])([2H])[2H])C([2H])([2H])[2H]. The van der Waals surface area contributed by atoms with Crippen molar-refractivity contribution < 1.29 is 18.5 Å². The monoisotopic (exact) mass is 248 g/mol. The van der Waals surface area contributed by atoms with Crippen molar-refractivity contribution in [2.75, 3.05) is 0 Å². The summed E-state index contributed by atoms with van der Waals surface area (Å²) >= 11 is 5.81. The molecule has 1 rings (SSSR count). The third-order valence-corrected chi connectivity index (χ3v) is 2.24. The molecule has 1 atom stereocenters. The van der Waals surface area contributed by atoms with Gasteiger partial charge in [0, 0.05) is 30.2 Å². The summed E-state index contributed by atoms with van der Waals surface area (Å²) in [5, 5.41) is 0.195. The topological polar surface area (TPSA) is 17.1 Å². The smallest absolute Gasteiger partial charge is 0.165 e. The second-order valence-electron chi connectivity index (χ2n) is 3.70. The zero-order valence-electron chi connectivity index (χ0n) is 18.8. The molecule has 0 saturated carbocycles. The molecule has 0 fully saturated rings. The van der Waals surface area contributed by atoms with Gasteiger partial charge in [0.25, 0.3) is 0 Å². The molecule has 0 radical (unpaired) electrons. The number of ketones is 1. The Balaban J connectivity index is 3.53. The molecule has 0 aliphatic carbocycles. The van der Waals surface area contributed by atoms with Crippen molar-refractivity contribution in [3.05, 3.63) is 34.9 Å². The summed E-state index contributed by atoms with van der Waals surface area (Å²) in [5.74, 6) is -3.23. The van der Waals surface area contributed by atoms with Crippen LogP contribution in [0.3, 0.4) is 0 Å². The number of hydrogen-bond acceptors (Lipinski definition) is 1. The maximum absolute atomic E-state index is 12.7. The standard InChI is InChI=1S/C14H19ClO/c1-10(9-14(2,3)4)13(16)11-6-5-7-12(15)8-11/h5-8,10H,9H2,1-4H3/t10-/m1/s1/i2D3,3D3,4D3,10D. The third kappa shape index (κ3) is 3.97. The minimum Gasteiger partial charge on any atom is -0.294 e. The largest absolute Gasteiger partial charge is 0.294 e. The summed E-state index contributed by atoms with van der Waals surface area (Å²) in [4.78, 5) is 12.7. The van der Waals surface area contributed by atoms with Crippen molar-refractivity contribution in [3.63, 3.8) is 0 Å². The first kappa shape index (κ1) is 4.81. The van der Waals surface area contributed by atoms with Crippen molar-refractivity contribution in [3.8, 4) is 0 Å². The molecule has 0 heterocycles. The maximum Gasteiger partial charge on any atom is 0.165 e. The predicted octanol–water partition coefficient (Wildman–Crippen LogP) is 4.60. The molecule has 0 aromatic heterocycles. The summed E-state index contributed by atoms with van der Waals surface area (Å²) in [6.45, 7) is -9.37. The van der Waals surface area contributed by atoms with E-state index in [0.29, 0.717) is 0 Å². The van der Waals surface area contributed by atoms with Crippen LogP contribution in [-0.2, 0) is 0 Å². The summed E-state index contributed by atoms with van der Waals surface area (Å²) in [6.07, 6.45) is -1.20. The highest BCUT2D eigenvalue weighted by molar-refractivity contribution is 6.31. The van der Waals surface area contributed by atoms with E-state index in [0.717, 1.165) is 6.92 Å². The maximum atomic E-state index is 12.7. The van der Waals surface area contributed by atoms with Crippen molar-refractivity contribution in [1.82, 2.24) is 0 Å². The van der Waals surface area contributed by atoms with Gasteiger partial charge >= 0.3 is 0 Å². The van der Waals surface area contributed by atoms with Gasteiger partial charge in [0.15, 0.2) is 5.78 Å². The molecule has 0 amide bonds. The van der Waals surface area contributed by atoms with Gasteiger partial charge in [0.05, 0.1) is 0 Å². The van der Waals surface area contributed by atoms with E-state index in [9.17, 15) is 4.79 Å². The Morgan fingerprint density at radius 1 is 1.56 bits per heavy atom. The predicted molar refractivity (Wildman–Crippen MR) is 69.0 cm³/mol. The zero-order chi connectivity index (χ0) is 20.8. The Labute approximate surface area is 117 Å². The lowest BCUT2D eigenvalue weighted by atomic mass is 9.82. The van der Waals surface area contributed by atoms with E-state index < -0.39 is 44.1 Å². The van der Waals surface area contributed by atoms with Crippen LogP contribution in [-0.4, -0.2) is 5.78 Å². The van der Waals surface area contributed by atoms with Crippen LogP contribution >= 0.6 is 11.6 Å². The van der Waals surface area contributed by atoms with Crippen molar-refractivity contribution in [2.45, 2.75) is 33.9 Å². The minimum atomic E-state index is -3.46. The first-order chi connectivity index (χ1) is 11.4. The molecule has 1 aromatic carbocycles. The van der Waals surface area contributed by atoms with Gasteiger partial charge < -0.3 is 0 Å². The number of hydrogen-bond donors (Lipinski definition) is 0. The van der Waals surface area contributed by atoms with Crippen LogP contribution < -0.4 is 0 Å². The third-order valence-electron chi connectivity index (χ3n) is 2.00. The van der Waals surface area contributed by atoms with E-state index in [2.05, 4.69) is 0 Å². The number of rotatable bonds is 3. The lowest BCUT2D eigenvalue weighted by Crippen LogP contribution is -2.18.